The number of hydrogen-bond acceptors (Lipinski definition) is 6. The molecule has 1 aliphatic rings. The summed E-state index contributed by atoms with van der Waals surface area (Å²) in [5.41, 5.74) is -0.224. The Hall–Kier alpha value is -2.49. The van der Waals surface area contributed by atoms with Gasteiger partial charge in [0.25, 0.3) is 5.69 Å². The fourth-order valence-electron chi connectivity index (χ4n) is 3.09. The monoisotopic (exact) mass is 405 g/mol. The average Bonchev–Trinajstić information content (AvgIpc) is 2.72. The van der Waals surface area contributed by atoms with Crippen molar-refractivity contribution in [2.24, 2.45) is 0 Å². The molecule has 1 aliphatic heterocycles. The van der Waals surface area contributed by atoms with Crippen molar-refractivity contribution in [3.63, 3.8) is 0 Å². The van der Waals surface area contributed by atoms with Crippen LogP contribution in [-0.2, 0) is 10.0 Å². The summed E-state index contributed by atoms with van der Waals surface area (Å²) < 4.78 is 32.6. The van der Waals surface area contributed by atoms with E-state index in [0.717, 1.165) is 24.8 Å². The molecular formula is C19H23N3O5S. The van der Waals surface area contributed by atoms with E-state index >= 15 is 0 Å². The van der Waals surface area contributed by atoms with E-state index in [1.165, 1.54) is 22.5 Å². The van der Waals surface area contributed by atoms with Crippen LogP contribution >= 0.6 is 0 Å². The van der Waals surface area contributed by atoms with Crippen LogP contribution in [0.1, 0.15) is 6.42 Å². The van der Waals surface area contributed by atoms with Crippen LogP contribution in [0.15, 0.2) is 59.5 Å². The third-order valence-corrected chi connectivity index (χ3v) is 6.52. The normalized spacial score (nSPS) is 16.0. The Morgan fingerprint density at radius 2 is 1.71 bits per heavy atom. The molecule has 9 heteroatoms. The van der Waals surface area contributed by atoms with E-state index < -0.39 is 14.9 Å². The molecule has 2 aromatic carbocycles. The second-order valence-electron chi connectivity index (χ2n) is 6.52. The summed E-state index contributed by atoms with van der Waals surface area (Å²) in [5.74, 6) is 0.843. The predicted molar refractivity (Wildman–Crippen MR) is 105 cm³/mol. The molecule has 150 valence electrons. The van der Waals surface area contributed by atoms with E-state index in [-0.39, 0.29) is 10.6 Å². The van der Waals surface area contributed by atoms with Gasteiger partial charge < -0.3 is 9.64 Å². The van der Waals surface area contributed by atoms with Gasteiger partial charge in [-0.05, 0) is 24.6 Å². The molecule has 3 rings (SSSR count). The summed E-state index contributed by atoms with van der Waals surface area (Å²) in [7, 11) is -3.73. The van der Waals surface area contributed by atoms with Crippen LogP contribution < -0.4 is 4.74 Å². The summed E-state index contributed by atoms with van der Waals surface area (Å²) in [6.45, 7) is 3.42. The largest absolute Gasteiger partial charge is 0.494 e. The molecule has 0 spiro atoms. The highest BCUT2D eigenvalue weighted by Crippen LogP contribution is 2.22. The summed E-state index contributed by atoms with van der Waals surface area (Å²) >= 11 is 0. The Bertz CT molecular complexity index is 897. The van der Waals surface area contributed by atoms with Gasteiger partial charge in [-0.25, -0.2) is 8.42 Å². The first-order valence-electron chi connectivity index (χ1n) is 9.11. The van der Waals surface area contributed by atoms with Gasteiger partial charge in [0.1, 0.15) is 5.75 Å². The molecule has 1 saturated heterocycles. The van der Waals surface area contributed by atoms with Crippen molar-refractivity contribution in [1.29, 1.82) is 0 Å². The van der Waals surface area contributed by atoms with Gasteiger partial charge in [-0.3, -0.25) is 10.1 Å². The van der Waals surface area contributed by atoms with E-state index in [1.807, 2.05) is 30.3 Å². The third-order valence-electron chi connectivity index (χ3n) is 4.63. The zero-order valence-corrected chi connectivity index (χ0v) is 16.3. The van der Waals surface area contributed by atoms with Gasteiger partial charge in [0.2, 0.25) is 10.0 Å². The molecule has 0 bridgehead atoms. The van der Waals surface area contributed by atoms with Gasteiger partial charge in [0.05, 0.1) is 16.4 Å². The van der Waals surface area contributed by atoms with Crippen molar-refractivity contribution in [2.45, 2.75) is 11.3 Å². The van der Waals surface area contributed by atoms with Crippen molar-refractivity contribution >= 4 is 15.7 Å². The molecular weight excluding hydrogens is 382 g/mol. The Labute approximate surface area is 164 Å². The minimum absolute atomic E-state index is 0.0357. The second-order valence-corrected chi connectivity index (χ2v) is 8.45. The van der Waals surface area contributed by atoms with Gasteiger partial charge in [0, 0.05) is 44.9 Å². The number of piperazine rings is 1. The van der Waals surface area contributed by atoms with Crippen molar-refractivity contribution < 1.29 is 18.1 Å². The molecule has 28 heavy (non-hydrogen) atoms. The topological polar surface area (TPSA) is 93.0 Å². The maximum absolute atomic E-state index is 12.8. The van der Waals surface area contributed by atoms with Crippen LogP contribution in [-0.4, -0.2) is 61.9 Å². The highest BCUT2D eigenvalue weighted by Gasteiger charge is 2.29. The Morgan fingerprint density at radius 3 is 2.39 bits per heavy atom. The van der Waals surface area contributed by atoms with Crippen LogP contribution in [0.4, 0.5) is 5.69 Å². The maximum atomic E-state index is 12.8. The van der Waals surface area contributed by atoms with Crippen molar-refractivity contribution in [2.75, 3.05) is 39.3 Å². The second kappa shape index (κ2) is 9.13. The molecule has 0 radical (unpaired) electrons. The SMILES string of the molecule is O=[N+]([O-])c1cccc(S(=O)(=O)N2CCN(CCCOc3ccccc3)CC2)c1. The minimum Gasteiger partial charge on any atom is -0.494 e. The predicted octanol–water partition coefficient (Wildman–Crippen LogP) is 2.37. The summed E-state index contributed by atoms with van der Waals surface area (Å²) in [4.78, 5) is 12.5. The van der Waals surface area contributed by atoms with E-state index in [4.69, 9.17) is 4.74 Å². The zero-order valence-electron chi connectivity index (χ0n) is 15.4. The highest BCUT2D eigenvalue weighted by atomic mass is 32.2. The molecule has 8 nitrogen and oxygen atoms in total. The first kappa shape index (κ1) is 20.2. The number of sulfonamides is 1. The fourth-order valence-corrected chi connectivity index (χ4v) is 4.56. The quantitative estimate of drug-likeness (QED) is 0.380. The minimum atomic E-state index is -3.73. The lowest BCUT2D eigenvalue weighted by atomic mass is 10.3. The molecule has 0 aliphatic carbocycles. The van der Waals surface area contributed by atoms with Crippen LogP contribution in [0.2, 0.25) is 0 Å². The molecule has 0 unspecified atom stereocenters. The number of nitro benzene ring substituents is 1. The van der Waals surface area contributed by atoms with Crippen LogP contribution in [0.5, 0.6) is 5.75 Å². The van der Waals surface area contributed by atoms with Gasteiger partial charge in [-0.2, -0.15) is 4.31 Å². The van der Waals surface area contributed by atoms with Crippen LogP contribution in [0, 0.1) is 10.1 Å². The third kappa shape index (κ3) is 5.06. The average molecular weight is 405 g/mol. The lowest BCUT2D eigenvalue weighted by Crippen LogP contribution is -2.48. The fraction of sp³-hybridized carbons (Fsp3) is 0.368. The zero-order chi connectivity index (χ0) is 20.0. The number of nitro groups is 1. The Balaban J connectivity index is 1.48. The number of hydrogen-bond donors (Lipinski definition) is 0. The summed E-state index contributed by atoms with van der Waals surface area (Å²) in [6.07, 6.45) is 0.854. The summed E-state index contributed by atoms with van der Waals surface area (Å²) in [6, 6.07) is 14.8. The van der Waals surface area contributed by atoms with E-state index in [1.54, 1.807) is 0 Å². The van der Waals surface area contributed by atoms with E-state index in [9.17, 15) is 18.5 Å². The first-order valence-corrected chi connectivity index (χ1v) is 10.6. The standard InChI is InChI=1S/C19H23N3O5S/c23-22(24)17-6-4-9-19(16-17)28(25,26)21-13-11-20(12-14-21)10-5-15-27-18-7-2-1-3-8-18/h1-4,6-9,16H,5,10-15H2. The lowest BCUT2D eigenvalue weighted by molar-refractivity contribution is -0.385. The Kier molecular flexibility index (Phi) is 6.61. The van der Waals surface area contributed by atoms with Crippen molar-refractivity contribution in [3.05, 3.63) is 64.7 Å². The van der Waals surface area contributed by atoms with Crippen molar-refractivity contribution in [1.82, 2.24) is 9.21 Å². The molecule has 1 heterocycles. The highest BCUT2D eigenvalue weighted by molar-refractivity contribution is 7.89. The van der Waals surface area contributed by atoms with Gasteiger partial charge in [-0.15, -0.1) is 0 Å². The smallest absolute Gasteiger partial charge is 0.270 e. The number of nitrogens with zero attached hydrogens (tertiary/aromatic N) is 3. The summed E-state index contributed by atoms with van der Waals surface area (Å²) in [5, 5.41) is 10.9. The molecule has 0 amide bonds. The molecule has 0 N–H and O–H groups in total. The number of ether oxygens (including phenoxy) is 1. The van der Waals surface area contributed by atoms with Crippen LogP contribution in [0.25, 0.3) is 0 Å². The number of para-hydroxylation sites is 1. The first-order chi connectivity index (χ1) is 13.5. The molecule has 0 atom stereocenters. The van der Waals surface area contributed by atoms with E-state index in [2.05, 4.69) is 4.90 Å². The lowest BCUT2D eigenvalue weighted by Gasteiger charge is -2.33. The van der Waals surface area contributed by atoms with Gasteiger partial charge >= 0.3 is 0 Å². The number of benzene rings is 2. The molecule has 0 saturated carbocycles. The van der Waals surface area contributed by atoms with Gasteiger partial charge in [0.15, 0.2) is 0 Å². The van der Waals surface area contributed by atoms with E-state index in [0.29, 0.717) is 32.8 Å². The Morgan fingerprint density at radius 1 is 1.00 bits per heavy atom. The van der Waals surface area contributed by atoms with Gasteiger partial charge in [-0.1, -0.05) is 24.3 Å². The molecule has 2 aromatic rings. The van der Waals surface area contributed by atoms with Crippen molar-refractivity contribution in [3.8, 4) is 5.75 Å². The number of rotatable bonds is 8. The number of non-ortho nitro benzene ring substituents is 1. The van der Waals surface area contributed by atoms with Crippen LogP contribution in [0.3, 0.4) is 0 Å². The molecule has 1 fully saturated rings. The maximum Gasteiger partial charge on any atom is 0.270 e. The molecule has 0 aromatic heterocycles.